The van der Waals surface area contributed by atoms with Crippen LogP contribution in [0.25, 0.3) is 0 Å². The first-order valence-electron chi connectivity index (χ1n) is 8.74. The van der Waals surface area contributed by atoms with E-state index in [1.54, 1.807) is 18.2 Å². The third-order valence-corrected chi connectivity index (χ3v) is 3.94. The van der Waals surface area contributed by atoms with Crippen LogP contribution < -0.4 is 10.1 Å². The molecule has 1 atom stereocenters. The number of nitrogens with one attached hydrogen (secondary N) is 1. The van der Waals surface area contributed by atoms with E-state index in [9.17, 15) is 19.7 Å². The predicted octanol–water partition coefficient (Wildman–Crippen LogP) is 3.67. The van der Waals surface area contributed by atoms with Crippen LogP contribution in [0.5, 0.6) is 5.75 Å². The lowest BCUT2D eigenvalue weighted by molar-refractivity contribution is -0.383. The highest BCUT2D eigenvalue weighted by atomic mass is 16.6. The summed E-state index contributed by atoms with van der Waals surface area (Å²) in [7, 11) is 0. The van der Waals surface area contributed by atoms with Crippen molar-refractivity contribution in [2.45, 2.75) is 32.8 Å². The summed E-state index contributed by atoms with van der Waals surface area (Å²) >= 11 is 0. The van der Waals surface area contributed by atoms with Crippen molar-refractivity contribution in [2.75, 3.05) is 11.9 Å². The predicted molar refractivity (Wildman–Crippen MR) is 103 cm³/mol. The quantitative estimate of drug-likeness (QED) is 0.421. The second kappa shape index (κ2) is 9.50. The van der Waals surface area contributed by atoms with E-state index in [1.807, 2.05) is 12.1 Å². The van der Waals surface area contributed by atoms with Crippen LogP contribution >= 0.6 is 0 Å². The molecule has 0 radical (unpaired) electrons. The monoisotopic (exact) mass is 386 g/mol. The van der Waals surface area contributed by atoms with Gasteiger partial charge < -0.3 is 14.8 Å². The summed E-state index contributed by atoms with van der Waals surface area (Å²) < 4.78 is 10.4. The van der Waals surface area contributed by atoms with Gasteiger partial charge in [0.1, 0.15) is 11.4 Å². The van der Waals surface area contributed by atoms with E-state index in [2.05, 4.69) is 19.2 Å². The number of ether oxygens (including phenoxy) is 2. The zero-order valence-corrected chi connectivity index (χ0v) is 15.9. The molecule has 8 nitrogen and oxygen atoms in total. The Bertz CT molecular complexity index is 848. The topological polar surface area (TPSA) is 108 Å². The lowest BCUT2D eigenvalue weighted by Crippen LogP contribution is -2.31. The summed E-state index contributed by atoms with van der Waals surface area (Å²) in [4.78, 5) is 34.4. The Balaban J connectivity index is 1.86. The van der Waals surface area contributed by atoms with E-state index in [4.69, 9.17) is 9.47 Å². The SMILES string of the molecule is CC(C)c1ccc(OCC(=O)O[C@@H](C)C(=O)Nc2ccccc2[N+](=O)[O-])cc1. The standard InChI is InChI=1S/C20H22N2O6/c1-13(2)15-8-10-16(11-9-15)27-12-19(23)28-14(3)20(24)21-17-6-4-5-7-18(17)22(25)26/h4-11,13-14H,12H2,1-3H3,(H,21,24)/t14-/m0/s1. The van der Waals surface area contributed by atoms with E-state index < -0.39 is 22.9 Å². The van der Waals surface area contributed by atoms with Gasteiger partial charge in [0.05, 0.1) is 4.92 Å². The molecular formula is C20H22N2O6. The number of hydrogen-bond acceptors (Lipinski definition) is 6. The first kappa shape index (κ1) is 20.9. The number of anilines is 1. The van der Waals surface area contributed by atoms with Gasteiger partial charge in [-0.15, -0.1) is 0 Å². The van der Waals surface area contributed by atoms with Crippen LogP contribution in [0.15, 0.2) is 48.5 Å². The van der Waals surface area contributed by atoms with E-state index in [-0.39, 0.29) is 18.0 Å². The highest BCUT2D eigenvalue weighted by Crippen LogP contribution is 2.23. The Morgan fingerprint density at radius 1 is 1.07 bits per heavy atom. The fourth-order valence-electron chi connectivity index (χ4n) is 2.35. The van der Waals surface area contributed by atoms with Gasteiger partial charge >= 0.3 is 5.97 Å². The van der Waals surface area contributed by atoms with Crippen LogP contribution in [0, 0.1) is 10.1 Å². The number of rotatable bonds is 8. The highest BCUT2D eigenvalue weighted by molar-refractivity contribution is 5.96. The van der Waals surface area contributed by atoms with Gasteiger partial charge in [0.25, 0.3) is 11.6 Å². The minimum Gasteiger partial charge on any atom is -0.482 e. The summed E-state index contributed by atoms with van der Waals surface area (Å²) in [5.74, 6) is -0.501. The molecule has 8 heteroatoms. The Kier molecular flexibility index (Phi) is 7.08. The van der Waals surface area contributed by atoms with Crippen molar-refractivity contribution in [3.63, 3.8) is 0 Å². The molecule has 0 aliphatic rings. The second-order valence-corrected chi connectivity index (χ2v) is 6.41. The average Bonchev–Trinajstić information content (AvgIpc) is 2.66. The molecule has 1 N–H and O–H groups in total. The highest BCUT2D eigenvalue weighted by Gasteiger charge is 2.21. The number of carbonyl (C=O) groups excluding carboxylic acids is 2. The van der Waals surface area contributed by atoms with Crippen molar-refractivity contribution in [3.8, 4) is 5.75 Å². The maximum absolute atomic E-state index is 12.1. The molecule has 0 saturated carbocycles. The maximum Gasteiger partial charge on any atom is 0.344 e. The molecule has 0 spiro atoms. The molecular weight excluding hydrogens is 364 g/mol. The van der Waals surface area contributed by atoms with Crippen LogP contribution in [-0.2, 0) is 14.3 Å². The summed E-state index contributed by atoms with van der Waals surface area (Å²) in [6.07, 6.45) is -1.14. The first-order valence-corrected chi connectivity index (χ1v) is 8.74. The smallest absolute Gasteiger partial charge is 0.344 e. The zero-order chi connectivity index (χ0) is 20.7. The molecule has 0 fully saturated rings. The second-order valence-electron chi connectivity index (χ2n) is 6.41. The van der Waals surface area contributed by atoms with Crippen molar-refractivity contribution in [3.05, 3.63) is 64.2 Å². The molecule has 0 unspecified atom stereocenters. The number of hydrogen-bond donors (Lipinski definition) is 1. The van der Waals surface area contributed by atoms with Crippen molar-refractivity contribution >= 4 is 23.3 Å². The minimum absolute atomic E-state index is 0.0295. The number of carbonyl (C=O) groups is 2. The Labute approximate surface area is 162 Å². The van der Waals surface area contributed by atoms with Gasteiger partial charge in [-0.05, 0) is 36.6 Å². The molecule has 2 rings (SSSR count). The molecule has 1 amide bonds. The van der Waals surface area contributed by atoms with Crippen molar-refractivity contribution in [1.29, 1.82) is 0 Å². The van der Waals surface area contributed by atoms with Crippen molar-refractivity contribution < 1.29 is 24.0 Å². The van der Waals surface area contributed by atoms with Gasteiger partial charge in [-0.1, -0.05) is 38.1 Å². The van der Waals surface area contributed by atoms with Crippen LogP contribution in [0.3, 0.4) is 0 Å². The average molecular weight is 386 g/mol. The Morgan fingerprint density at radius 2 is 1.71 bits per heavy atom. The van der Waals surface area contributed by atoms with Crippen LogP contribution in [0.2, 0.25) is 0 Å². The maximum atomic E-state index is 12.1. The number of amides is 1. The van der Waals surface area contributed by atoms with E-state index in [0.29, 0.717) is 11.7 Å². The van der Waals surface area contributed by atoms with Gasteiger partial charge in [0.2, 0.25) is 0 Å². The normalized spacial score (nSPS) is 11.6. The summed E-state index contributed by atoms with van der Waals surface area (Å²) in [6, 6.07) is 13.0. The summed E-state index contributed by atoms with van der Waals surface area (Å²) in [6.45, 7) is 5.16. The summed E-state index contributed by atoms with van der Waals surface area (Å²) in [5, 5.41) is 13.4. The number of nitro benzene ring substituents is 1. The van der Waals surface area contributed by atoms with E-state index >= 15 is 0 Å². The molecule has 2 aromatic carbocycles. The number of nitro groups is 1. The lowest BCUT2D eigenvalue weighted by atomic mass is 10.0. The van der Waals surface area contributed by atoms with Crippen LogP contribution in [0.4, 0.5) is 11.4 Å². The van der Waals surface area contributed by atoms with Gasteiger partial charge in [0, 0.05) is 6.07 Å². The molecule has 0 heterocycles. The minimum atomic E-state index is -1.14. The first-order chi connectivity index (χ1) is 13.3. The van der Waals surface area contributed by atoms with Gasteiger partial charge in [0.15, 0.2) is 12.7 Å². The third-order valence-electron chi connectivity index (χ3n) is 3.94. The molecule has 0 bridgehead atoms. The summed E-state index contributed by atoms with van der Waals surface area (Å²) in [5.41, 5.74) is 0.930. The molecule has 28 heavy (non-hydrogen) atoms. The fraction of sp³-hybridized carbons (Fsp3) is 0.300. The molecule has 2 aromatic rings. The van der Waals surface area contributed by atoms with Crippen LogP contribution in [-0.4, -0.2) is 29.5 Å². The van der Waals surface area contributed by atoms with Gasteiger partial charge in [-0.25, -0.2) is 4.79 Å². The molecule has 0 aliphatic heterocycles. The van der Waals surface area contributed by atoms with Gasteiger partial charge in [-0.3, -0.25) is 14.9 Å². The molecule has 0 aromatic heterocycles. The lowest BCUT2D eigenvalue weighted by Gasteiger charge is -2.14. The largest absolute Gasteiger partial charge is 0.482 e. The Morgan fingerprint density at radius 3 is 2.32 bits per heavy atom. The third kappa shape index (κ3) is 5.80. The molecule has 148 valence electrons. The number of nitrogens with zero attached hydrogens (tertiary/aromatic N) is 1. The Hall–Kier alpha value is -3.42. The van der Waals surface area contributed by atoms with Crippen molar-refractivity contribution in [2.24, 2.45) is 0 Å². The van der Waals surface area contributed by atoms with E-state index in [1.165, 1.54) is 25.1 Å². The van der Waals surface area contributed by atoms with Gasteiger partial charge in [-0.2, -0.15) is 0 Å². The van der Waals surface area contributed by atoms with E-state index in [0.717, 1.165) is 5.56 Å². The van der Waals surface area contributed by atoms with Crippen LogP contribution in [0.1, 0.15) is 32.3 Å². The fourth-order valence-corrected chi connectivity index (χ4v) is 2.35. The molecule has 0 aliphatic carbocycles. The number of para-hydroxylation sites is 2. The zero-order valence-electron chi connectivity index (χ0n) is 15.9. The number of benzene rings is 2. The molecule has 0 saturated heterocycles. The number of esters is 1. The van der Waals surface area contributed by atoms with Crippen molar-refractivity contribution in [1.82, 2.24) is 0 Å².